The van der Waals surface area contributed by atoms with Gasteiger partial charge in [-0.3, -0.25) is 4.79 Å². The fourth-order valence-corrected chi connectivity index (χ4v) is 2.67. The van der Waals surface area contributed by atoms with Gasteiger partial charge >= 0.3 is 0 Å². The van der Waals surface area contributed by atoms with Crippen LogP contribution < -0.4 is 20.1 Å². The third-order valence-corrected chi connectivity index (χ3v) is 4.32. The molecule has 0 radical (unpaired) electrons. The third-order valence-electron chi connectivity index (χ3n) is 3.95. The number of methoxy groups -OCH3 is 2. The average Bonchev–Trinajstić information content (AvgIpc) is 2.73. The monoisotopic (exact) mass is 398 g/mol. The number of hydrogen-bond donors (Lipinski definition) is 2. The van der Waals surface area contributed by atoms with Crippen molar-refractivity contribution < 1.29 is 14.3 Å². The number of halogens is 1. The molecule has 1 aromatic heterocycles. The summed E-state index contributed by atoms with van der Waals surface area (Å²) in [6.07, 6.45) is 2.91. The molecule has 0 atom stereocenters. The predicted molar refractivity (Wildman–Crippen MR) is 108 cm³/mol. The highest BCUT2D eigenvalue weighted by Gasteiger charge is 2.10. The number of amides is 1. The molecule has 0 bridgehead atoms. The van der Waals surface area contributed by atoms with Gasteiger partial charge in [0.1, 0.15) is 0 Å². The van der Waals surface area contributed by atoms with Crippen molar-refractivity contribution in [1.82, 2.24) is 9.97 Å². The quantitative estimate of drug-likeness (QED) is 0.625. The Bertz CT molecular complexity index is 964. The largest absolute Gasteiger partial charge is 0.493 e. The van der Waals surface area contributed by atoms with E-state index in [-0.39, 0.29) is 5.91 Å². The van der Waals surface area contributed by atoms with E-state index < -0.39 is 0 Å². The summed E-state index contributed by atoms with van der Waals surface area (Å²) in [5.74, 6) is 1.18. The molecule has 3 aromatic rings. The molecule has 0 saturated heterocycles. The van der Waals surface area contributed by atoms with E-state index in [9.17, 15) is 4.79 Å². The van der Waals surface area contributed by atoms with E-state index in [1.165, 1.54) is 19.5 Å². The van der Waals surface area contributed by atoms with Crippen LogP contribution in [0.1, 0.15) is 15.9 Å². The van der Waals surface area contributed by atoms with E-state index >= 15 is 0 Å². The first-order chi connectivity index (χ1) is 13.6. The van der Waals surface area contributed by atoms with Crippen LogP contribution in [0.15, 0.2) is 54.9 Å². The molecule has 0 aliphatic carbocycles. The van der Waals surface area contributed by atoms with E-state index in [1.807, 2.05) is 24.3 Å². The summed E-state index contributed by atoms with van der Waals surface area (Å²) in [6, 6.07) is 12.6. The van der Waals surface area contributed by atoms with Crippen molar-refractivity contribution in [3.8, 4) is 11.5 Å². The number of aromatic nitrogens is 2. The zero-order valence-corrected chi connectivity index (χ0v) is 16.2. The molecule has 7 nitrogen and oxygen atoms in total. The number of carbonyl (C=O) groups excluding carboxylic acids is 1. The minimum absolute atomic E-state index is 0.329. The molecule has 1 heterocycles. The Morgan fingerprint density at radius 3 is 2.43 bits per heavy atom. The highest BCUT2D eigenvalue weighted by Crippen LogP contribution is 2.29. The Labute approximate surface area is 167 Å². The zero-order chi connectivity index (χ0) is 19.9. The van der Waals surface area contributed by atoms with Crippen molar-refractivity contribution in [1.29, 1.82) is 0 Å². The van der Waals surface area contributed by atoms with Gasteiger partial charge in [-0.05, 0) is 23.8 Å². The normalized spacial score (nSPS) is 10.2. The van der Waals surface area contributed by atoms with Crippen LogP contribution in [0.5, 0.6) is 11.5 Å². The number of rotatable bonds is 7. The second-order valence-electron chi connectivity index (χ2n) is 5.76. The van der Waals surface area contributed by atoms with Gasteiger partial charge in [0.15, 0.2) is 11.5 Å². The minimum Gasteiger partial charge on any atom is -0.493 e. The van der Waals surface area contributed by atoms with Crippen molar-refractivity contribution in [3.05, 3.63) is 71.0 Å². The number of hydrogen-bond acceptors (Lipinski definition) is 6. The second kappa shape index (κ2) is 9.05. The first-order valence-corrected chi connectivity index (χ1v) is 8.81. The van der Waals surface area contributed by atoms with Crippen molar-refractivity contribution in [3.63, 3.8) is 0 Å². The Kier molecular flexibility index (Phi) is 6.29. The number of anilines is 2. The molecule has 2 aromatic carbocycles. The van der Waals surface area contributed by atoms with Crippen LogP contribution in [0.25, 0.3) is 0 Å². The molecular weight excluding hydrogens is 380 g/mol. The first-order valence-electron chi connectivity index (χ1n) is 8.43. The van der Waals surface area contributed by atoms with Crippen LogP contribution >= 0.6 is 11.6 Å². The summed E-state index contributed by atoms with van der Waals surface area (Å²) < 4.78 is 10.4. The molecular formula is C20H19ClN4O3. The second-order valence-corrected chi connectivity index (χ2v) is 6.17. The SMILES string of the molecule is COc1ccc(NC(=O)c2cnc(NCc3ccccc3Cl)nc2)cc1OC. The summed E-state index contributed by atoms with van der Waals surface area (Å²) in [6.45, 7) is 0.483. The van der Waals surface area contributed by atoms with E-state index in [4.69, 9.17) is 21.1 Å². The third kappa shape index (κ3) is 4.69. The predicted octanol–water partition coefficient (Wildman–Crippen LogP) is 4.01. The van der Waals surface area contributed by atoms with Gasteiger partial charge in [0.05, 0.1) is 19.8 Å². The molecule has 28 heavy (non-hydrogen) atoms. The summed E-state index contributed by atoms with van der Waals surface area (Å²) in [5.41, 5.74) is 1.84. The summed E-state index contributed by atoms with van der Waals surface area (Å²) in [4.78, 5) is 20.8. The van der Waals surface area contributed by atoms with Crippen LogP contribution in [0, 0.1) is 0 Å². The van der Waals surface area contributed by atoms with Crippen molar-refractivity contribution in [2.75, 3.05) is 24.9 Å². The highest BCUT2D eigenvalue weighted by molar-refractivity contribution is 6.31. The maximum atomic E-state index is 12.4. The van der Waals surface area contributed by atoms with Gasteiger partial charge in [-0.1, -0.05) is 29.8 Å². The van der Waals surface area contributed by atoms with Gasteiger partial charge in [-0.2, -0.15) is 0 Å². The minimum atomic E-state index is -0.329. The van der Waals surface area contributed by atoms with Gasteiger partial charge < -0.3 is 20.1 Å². The smallest absolute Gasteiger partial charge is 0.258 e. The molecule has 0 fully saturated rings. The molecule has 0 aliphatic rings. The lowest BCUT2D eigenvalue weighted by Crippen LogP contribution is -2.13. The number of carbonyl (C=O) groups is 1. The topological polar surface area (TPSA) is 85.4 Å². The van der Waals surface area contributed by atoms with Crippen LogP contribution in [0.2, 0.25) is 5.02 Å². The maximum absolute atomic E-state index is 12.4. The van der Waals surface area contributed by atoms with E-state index in [0.717, 1.165) is 5.56 Å². The zero-order valence-electron chi connectivity index (χ0n) is 15.4. The van der Waals surface area contributed by atoms with Crippen LogP contribution in [0.4, 0.5) is 11.6 Å². The van der Waals surface area contributed by atoms with E-state index in [1.54, 1.807) is 25.3 Å². The summed E-state index contributed by atoms with van der Waals surface area (Å²) >= 11 is 6.12. The standard InChI is InChI=1S/C20H19ClN4O3/c1-27-17-8-7-15(9-18(17)28-2)25-19(26)14-11-23-20(24-12-14)22-10-13-5-3-4-6-16(13)21/h3-9,11-12H,10H2,1-2H3,(H,25,26)(H,22,23,24). The molecule has 2 N–H and O–H groups in total. The molecule has 3 rings (SSSR count). The van der Waals surface area contributed by atoms with E-state index in [2.05, 4.69) is 20.6 Å². The molecule has 0 spiro atoms. The Hall–Kier alpha value is -3.32. The van der Waals surface area contributed by atoms with Gasteiger partial charge in [0, 0.05) is 35.7 Å². The number of benzene rings is 2. The van der Waals surface area contributed by atoms with Gasteiger partial charge in [0.2, 0.25) is 5.95 Å². The van der Waals surface area contributed by atoms with Crippen LogP contribution in [-0.4, -0.2) is 30.1 Å². The first kappa shape index (κ1) is 19.4. The lowest BCUT2D eigenvalue weighted by atomic mass is 10.2. The molecule has 0 aliphatic heterocycles. The van der Waals surface area contributed by atoms with Crippen LogP contribution in [0.3, 0.4) is 0 Å². The molecule has 0 unspecified atom stereocenters. The molecule has 144 valence electrons. The Balaban J connectivity index is 1.63. The van der Waals surface area contributed by atoms with Gasteiger partial charge in [-0.25, -0.2) is 9.97 Å². The summed E-state index contributed by atoms with van der Waals surface area (Å²) in [5, 5.41) is 6.52. The molecule has 0 saturated carbocycles. The average molecular weight is 399 g/mol. The van der Waals surface area contributed by atoms with Crippen molar-refractivity contribution >= 4 is 29.1 Å². The number of nitrogens with zero attached hydrogens (tertiary/aromatic N) is 2. The number of nitrogens with one attached hydrogen (secondary N) is 2. The fourth-order valence-electron chi connectivity index (χ4n) is 2.47. The van der Waals surface area contributed by atoms with Gasteiger partial charge in [-0.15, -0.1) is 0 Å². The molecule has 8 heteroatoms. The Morgan fingerprint density at radius 2 is 1.75 bits per heavy atom. The van der Waals surface area contributed by atoms with Crippen LogP contribution in [-0.2, 0) is 6.54 Å². The molecule has 1 amide bonds. The number of ether oxygens (including phenoxy) is 2. The van der Waals surface area contributed by atoms with Crippen molar-refractivity contribution in [2.45, 2.75) is 6.54 Å². The fraction of sp³-hybridized carbons (Fsp3) is 0.150. The van der Waals surface area contributed by atoms with Crippen molar-refractivity contribution in [2.24, 2.45) is 0 Å². The van der Waals surface area contributed by atoms with E-state index in [0.29, 0.717) is 40.3 Å². The highest BCUT2D eigenvalue weighted by atomic mass is 35.5. The lowest BCUT2D eigenvalue weighted by molar-refractivity contribution is 0.102. The maximum Gasteiger partial charge on any atom is 0.258 e. The Morgan fingerprint density at radius 1 is 1.04 bits per heavy atom. The van der Waals surface area contributed by atoms with Gasteiger partial charge in [0.25, 0.3) is 5.91 Å². The summed E-state index contributed by atoms with van der Waals surface area (Å²) in [7, 11) is 3.08. The lowest BCUT2D eigenvalue weighted by Gasteiger charge is -2.11.